The molecule has 2 unspecified atom stereocenters. The molecule has 1 fully saturated rings. The number of rotatable bonds is 6. The van der Waals surface area contributed by atoms with E-state index in [1.807, 2.05) is 0 Å². The van der Waals surface area contributed by atoms with Gasteiger partial charge in [0, 0.05) is 23.1 Å². The zero-order valence-electron chi connectivity index (χ0n) is 13.0. The Kier molecular flexibility index (Phi) is 5.91. The maximum Gasteiger partial charge on any atom is 0.0513 e. The Labute approximate surface area is 132 Å². The Morgan fingerprint density at radius 1 is 1.40 bits per heavy atom. The van der Waals surface area contributed by atoms with E-state index in [1.54, 1.807) is 0 Å². The lowest BCUT2D eigenvalue weighted by molar-refractivity contribution is 0.570. The topological polar surface area (TPSA) is 15.3 Å². The van der Waals surface area contributed by atoms with Crippen molar-refractivity contribution in [1.82, 2.24) is 5.32 Å². The van der Waals surface area contributed by atoms with E-state index in [1.165, 1.54) is 48.0 Å². The van der Waals surface area contributed by atoms with E-state index >= 15 is 0 Å². The van der Waals surface area contributed by atoms with E-state index in [-0.39, 0.29) is 0 Å². The summed E-state index contributed by atoms with van der Waals surface area (Å²) in [5.74, 6) is 0. The largest absolute Gasteiger partial charge is 0.368 e. The molecule has 1 aliphatic heterocycles. The molecule has 2 rings (SSSR count). The first-order valence-electron chi connectivity index (χ1n) is 7.96. The number of nitrogens with one attached hydrogen (secondary N) is 1. The highest BCUT2D eigenvalue weighted by Gasteiger charge is 2.24. The van der Waals surface area contributed by atoms with Crippen molar-refractivity contribution in [2.24, 2.45) is 0 Å². The predicted octanol–water partition coefficient (Wildman–Crippen LogP) is 4.89. The molecule has 0 bridgehead atoms. The summed E-state index contributed by atoms with van der Waals surface area (Å²) in [5, 5.41) is 3.55. The molecule has 0 aromatic heterocycles. The number of anilines is 1. The molecule has 20 heavy (non-hydrogen) atoms. The molecule has 3 heteroatoms. The molecule has 0 radical (unpaired) electrons. The first kappa shape index (κ1) is 15.8. The van der Waals surface area contributed by atoms with Gasteiger partial charge in [0.05, 0.1) is 5.69 Å². The van der Waals surface area contributed by atoms with Gasteiger partial charge in [0.25, 0.3) is 0 Å². The minimum atomic E-state index is 0.417. The fraction of sp³-hybridized carbons (Fsp3) is 0.647. The summed E-state index contributed by atoms with van der Waals surface area (Å²) in [5.41, 5.74) is 2.72. The summed E-state index contributed by atoms with van der Waals surface area (Å²) >= 11 is 3.78. The fourth-order valence-corrected chi connectivity index (χ4v) is 3.71. The van der Waals surface area contributed by atoms with E-state index < -0.39 is 0 Å². The van der Waals surface area contributed by atoms with Crippen LogP contribution in [0, 0.1) is 0 Å². The average Bonchev–Trinajstić information content (AvgIpc) is 2.92. The van der Waals surface area contributed by atoms with Crippen LogP contribution in [0.5, 0.6) is 0 Å². The van der Waals surface area contributed by atoms with Crippen LogP contribution in [-0.2, 0) is 0 Å². The van der Waals surface area contributed by atoms with Crippen molar-refractivity contribution in [1.29, 1.82) is 0 Å². The number of nitrogens with zero attached hydrogens (tertiary/aromatic N) is 1. The van der Waals surface area contributed by atoms with Crippen LogP contribution in [0.15, 0.2) is 22.7 Å². The monoisotopic (exact) mass is 338 g/mol. The molecule has 0 saturated carbocycles. The molecular formula is C17H27BrN2. The Balaban J connectivity index is 2.13. The van der Waals surface area contributed by atoms with Crippen molar-refractivity contribution in [2.45, 2.75) is 58.5 Å². The molecule has 0 spiro atoms. The van der Waals surface area contributed by atoms with Crippen LogP contribution in [0.1, 0.15) is 58.1 Å². The highest BCUT2D eigenvalue weighted by Crippen LogP contribution is 2.34. The van der Waals surface area contributed by atoms with Crippen molar-refractivity contribution in [3.8, 4) is 0 Å². The van der Waals surface area contributed by atoms with E-state index in [4.69, 9.17) is 0 Å². The molecule has 112 valence electrons. The number of hydrogen-bond donors (Lipinski definition) is 1. The zero-order valence-corrected chi connectivity index (χ0v) is 14.5. The van der Waals surface area contributed by atoms with Gasteiger partial charge in [0.1, 0.15) is 0 Å². The molecule has 1 saturated heterocycles. The maximum atomic E-state index is 3.78. The van der Waals surface area contributed by atoms with E-state index in [2.05, 4.69) is 65.1 Å². The van der Waals surface area contributed by atoms with E-state index in [9.17, 15) is 0 Å². The van der Waals surface area contributed by atoms with Gasteiger partial charge in [-0.25, -0.2) is 0 Å². The van der Waals surface area contributed by atoms with E-state index in [0.717, 1.165) is 6.54 Å². The van der Waals surface area contributed by atoms with Crippen LogP contribution >= 0.6 is 15.9 Å². The quantitative estimate of drug-likeness (QED) is 0.794. The molecule has 2 atom stereocenters. The van der Waals surface area contributed by atoms with Crippen LogP contribution in [0.3, 0.4) is 0 Å². The molecule has 1 N–H and O–H groups in total. The summed E-state index contributed by atoms with van der Waals surface area (Å²) in [4.78, 5) is 2.57. The Bertz CT molecular complexity index is 433. The molecule has 1 heterocycles. The van der Waals surface area contributed by atoms with Gasteiger partial charge in [-0.1, -0.05) is 19.9 Å². The van der Waals surface area contributed by atoms with Crippen LogP contribution in [0.4, 0.5) is 5.69 Å². The molecule has 1 aromatic carbocycles. The summed E-state index contributed by atoms with van der Waals surface area (Å²) in [6, 6.07) is 7.98. The summed E-state index contributed by atoms with van der Waals surface area (Å²) < 4.78 is 1.24. The third-order valence-corrected chi connectivity index (χ3v) is 4.97. The van der Waals surface area contributed by atoms with Gasteiger partial charge < -0.3 is 10.2 Å². The molecule has 1 aromatic rings. The molecule has 1 aliphatic rings. The van der Waals surface area contributed by atoms with Crippen molar-refractivity contribution in [2.75, 3.05) is 18.0 Å². The Hall–Kier alpha value is -0.540. The second kappa shape index (κ2) is 7.46. The summed E-state index contributed by atoms with van der Waals surface area (Å²) in [7, 11) is 0. The van der Waals surface area contributed by atoms with Gasteiger partial charge in [0.2, 0.25) is 0 Å². The maximum absolute atomic E-state index is 3.78. The van der Waals surface area contributed by atoms with Crippen molar-refractivity contribution >= 4 is 21.6 Å². The molecule has 0 amide bonds. The summed E-state index contributed by atoms with van der Waals surface area (Å²) in [6.45, 7) is 9.01. The third-order valence-electron chi connectivity index (χ3n) is 4.33. The third kappa shape index (κ3) is 3.56. The van der Waals surface area contributed by atoms with Gasteiger partial charge in [-0.05, 0) is 72.8 Å². The lowest BCUT2D eigenvalue weighted by Gasteiger charge is -2.27. The number of halogens is 1. The second-order valence-corrected chi connectivity index (χ2v) is 6.64. The van der Waals surface area contributed by atoms with E-state index in [0.29, 0.717) is 12.1 Å². The number of hydrogen-bond acceptors (Lipinski definition) is 2. The highest BCUT2D eigenvalue weighted by molar-refractivity contribution is 9.10. The van der Waals surface area contributed by atoms with Crippen molar-refractivity contribution < 1.29 is 0 Å². The van der Waals surface area contributed by atoms with Gasteiger partial charge in [0.15, 0.2) is 0 Å². The van der Waals surface area contributed by atoms with Gasteiger partial charge >= 0.3 is 0 Å². The number of benzene rings is 1. The molecule has 0 aliphatic carbocycles. The van der Waals surface area contributed by atoms with Gasteiger partial charge in [-0.3, -0.25) is 0 Å². The second-order valence-electron chi connectivity index (χ2n) is 5.78. The Morgan fingerprint density at radius 2 is 2.20 bits per heavy atom. The van der Waals surface area contributed by atoms with Crippen LogP contribution in [0.25, 0.3) is 0 Å². The van der Waals surface area contributed by atoms with Crippen molar-refractivity contribution in [3.63, 3.8) is 0 Å². The van der Waals surface area contributed by atoms with Crippen molar-refractivity contribution in [3.05, 3.63) is 28.2 Å². The minimum Gasteiger partial charge on any atom is -0.368 e. The fourth-order valence-electron chi connectivity index (χ4n) is 3.08. The highest BCUT2D eigenvalue weighted by atomic mass is 79.9. The van der Waals surface area contributed by atoms with Gasteiger partial charge in [-0.2, -0.15) is 0 Å². The molecule has 2 nitrogen and oxygen atoms in total. The SMILES string of the molecule is CCCNC(C)c1ccc(N2CCCC2CC)c(Br)c1. The minimum absolute atomic E-state index is 0.417. The lowest BCUT2D eigenvalue weighted by Crippen LogP contribution is -2.28. The van der Waals surface area contributed by atoms with Crippen LogP contribution in [-0.4, -0.2) is 19.1 Å². The zero-order chi connectivity index (χ0) is 14.5. The standard InChI is InChI=1S/C17H27BrN2/c1-4-10-19-13(3)14-8-9-17(16(18)12-14)20-11-6-7-15(20)5-2/h8-9,12-13,15,19H,4-7,10-11H2,1-3H3. The smallest absolute Gasteiger partial charge is 0.0513 e. The summed E-state index contributed by atoms with van der Waals surface area (Å²) in [6.07, 6.45) is 5.07. The van der Waals surface area contributed by atoms with Crippen LogP contribution in [0.2, 0.25) is 0 Å². The first-order chi connectivity index (χ1) is 9.67. The predicted molar refractivity (Wildman–Crippen MR) is 91.5 cm³/mol. The first-order valence-corrected chi connectivity index (χ1v) is 8.76. The Morgan fingerprint density at radius 3 is 2.85 bits per heavy atom. The molecular weight excluding hydrogens is 312 g/mol. The van der Waals surface area contributed by atoms with Crippen LogP contribution < -0.4 is 10.2 Å². The van der Waals surface area contributed by atoms with Gasteiger partial charge in [-0.15, -0.1) is 0 Å². The normalized spacial score (nSPS) is 20.4. The lowest BCUT2D eigenvalue weighted by atomic mass is 10.1. The average molecular weight is 339 g/mol.